The van der Waals surface area contributed by atoms with Gasteiger partial charge >= 0.3 is 6.03 Å². The highest BCUT2D eigenvalue weighted by Crippen LogP contribution is 2.15. The molecule has 4 heteroatoms. The van der Waals surface area contributed by atoms with Crippen LogP contribution in [0, 0.1) is 0 Å². The first-order valence-electron chi connectivity index (χ1n) is 5.04. The Hall–Kier alpha value is -0.770. The second kappa shape index (κ2) is 5.07. The Labute approximate surface area is 79.5 Å². The van der Waals surface area contributed by atoms with Crippen molar-refractivity contribution in [3.05, 3.63) is 0 Å². The van der Waals surface area contributed by atoms with Gasteiger partial charge in [-0.05, 0) is 19.3 Å². The maximum Gasteiger partial charge on any atom is 0.317 e. The minimum Gasteiger partial charge on any atom is -0.338 e. The number of urea groups is 1. The van der Waals surface area contributed by atoms with E-state index in [4.69, 9.17) is 5.73 Å². The first-order chi connectivity index (χ1) is 6.29. The molecule has 1 aliphatic heterocycles. The highest BCUT2D eigenvalue weighted by atomic mass is 16.2. The number of hydrogen-bond donors (Lipinski definition) is 2. The maximum absolute atomic E-state index is 11.5. The van der Waals surface area contributed by atoms with Gasteiger partial charge in [0.1, 0.15) is 0 Å². The summed E-state index contributed by atoms with van der Waals surface area (Å²) in [4.78, 5) is 13.4. The average molecular weight is 185 g/mol. The van der Waals surface area contributed by atoms with Crippen LogP contribution in [-0.2, 0) is 0 Å². The zero-order valence-electron chi connectivity index (χ0n) is 8.25. The number of nitrogens with one attached hydrogen (secondary N) is 1. The molecule has 0 aromatic carbocycles. The molecule has 1 unspecified atom stereocenters. The molecule has 0 aliphatic carbocycles. The number of rotatable bonds is 3. The summed E-state index contributed by atoms with van der Waals surface area (Å²) in [7, 11) is 0. The van der Waals surface area contributed by atoms with Gasteiger partial charge in [0.2, 0.25) is 0 Å². The number of nitrogens with zero attached hydrogens (tertiary/aromatic N) is 1. The van der Waals surface area contributed by atoms with Crippen molar-refractivity contribution in [3.63, 3.8) is 0 Å². The Balaban J connectivity index is 2.36. The van der Waals surface area contributed by atoms with Crippen LogP contribution in [0.15, 0.2) is 0 Å². The van der Waals surface area contributed by atoms with E-state index in [1.807, 2.05) is 11.8 Å². The summed E-state index contributed by atoms with van der Waals surface area (Å²) in [5.74, 6) is 0. The van der Waals surface area contributed by atoms with Crippen LogP contribution >= 0.6 is 0 Å². The SMILES string of the molecule is CCCNC(=O)N1CCCC1CN. The lowest BCUT2D eigenvalue weighted by Gasteiger charge is -2.23. The second-order valence-corrected chi connectivity index (χ2v) is 3.46. The first-order valence-corrected chi connectivity index (χ1v) is 5.04. The Morgan fingerprint density at radius 2 is 2.46 bits per heavy atom. The lowest BCUT2D eigenvalue weighted by molar-refractivity contribution is 0.194. The van der Waals surface area contributed by atoms with Gasteiger partial charge in [0, 0.05) is 25.7 Å². The summed E-state index contributed by atoms with van der Waals surface area (Å²) >= 11 is 0. The number of carbonyl (C=O) groups excluding carboxylic acids is 1. The third kappa shape index (κ3) is 2.59. The lowest BCUT2D eigenvalue weighted by atomic mass is 10.2. The lowest BCUT2D eigenvalue weighted by Crippen LogP contribution is -2.45. The summed E-state index contributed by atoms with van der Waals surface area (Å²) in [6.07, 6.45) is 3.12. The van der Waals surface area contributed by atoms with Crippen molar-refractivity contribution < 1.29 is 4.79 Å². The smallest absolute Gasteiger partial charge is 0.317 e. The zero-order valence-corrected chi connectivity index (χ0v) is 8.25. The van der Waals surface area contributed by atoms with Crippen molar-refractivity contribution in [2.45, 2.75) is 32.2 Å². The van der Waals surface area contributed by atoms with E-state index in [2.05, 4.69) is 5.32 Å². The Morgan fingerprint density at radius 3 is 3.08 bits per heavy atom. The minimum absolute atomic E-state index is 0.0507. The van der Waals surface area contributed by atoms with Gasteiger partial charge in [-0.25, -0.2) is 4.79 Å². The van der Waals surface area contributed by atoms with Gasteiger partial charge in [0.25, 0.3) is 0 Å². The quantitative estimate of drug-likeness (QED) is 0.674. The summed E-state index contributed by atoms with van der Waals surface area (Å²) in [5, 5.41) is 2.87. The highest BCUT2D eigenvalue weighted by molar-refractivity contribution is 5.74. The molecule has 76 valence electrons. The van der Waals surface area contributed by atoms with E-state index in [1.54, 1.807) is 0 Å². The van der Waals surface area contributed by atoms with E-state index in [9.17, 15) is 4.79 Å². The van der Waals surface area contributed by atoms with Crippen LogP contribution in [0.2, 0.25) is 0 Å². The van der Waals surface area contributed by atoms with Gasteiger partial charge in [-0.2, -0.15) is 0 Å². The molecule has 0 bridgehead atoms. The van der Waals surface area contributed by atoms with Gasteiger partial charge < -0.3 is 16.0 Å². The number of amides is 2. The number of likely N-dealkylation sites (tertiary alicyclic amines) is 1. The van der Waals surface area contributed by atoms with Crippen molar-refractivity contribution >= 4 is 6.03 Å². The van der Waals surface area contributed by atoms with E-state index in [-0.39, 0.29) is 12.1 Å². The van der Waals surface area contributed by atoms with Crippen LogP contribution in [0.5, 0.6) is 0 Å². The molecule has 1 fully saturated rings. The third-order valence-electron chi connectivity index (χ3n) is 2.44. The standard InChI is InChI=1S/C9H19N3O/c1-2-5-11-9(13)12-6-3-4-8(12)7-10/h8H,2-7,10H2,1H3,(H,11,13). The Morgan fingerprint density at radius 1 is 1.69 bits per heavy atom. The summed E-state index contributed by atoms with van der Waals surface area (Å²) in [6, 6.07) is 0.312. The molecular weight excluding hydrogens is 166 g/mol. The molecule has 0 aromatic heterocycles. The van der Waals surface area contributed by atoms with Crippen molar-refractivity contribution in [3.8, 4) is 0 Å². The molecule has 1 rings (SSSR count). The molecule has 0 aromatic rings. The number of hydrogen-bond acceptors (Lipinski definition) is 2. The van der Waals surface area contributed by atoms with Crippen molar-refractivity contribution in [2.24, 2.45) is 5.73 Å². The normalized spacial score (nSPS) is 22.0. The van der Waals surface area contributed by atoms with E-state index < -0.39 is 0 Å². The molecular formula is C9H19N3O. The zero-order chi connectivity index (χ0) is 9.68. The van der Waals surface area contributed by atoms with Crippen LogP contribution in [-0.4, -0.2) is 36.6 Å². The predicted octanol–water partition coefficient (Wildman–Crippen LogP) is 0.529. The molecule has 1 atom stereocenters. The van der Waals surface area contributed by atoms with Crippen LogP contribution in [0.3, 0.4) is 0 Å². The topological polar surface area (TPSA) is 58.4 Å². The summed E-state index contributed by atoms with van der Waals surface area (Å²) in [5.41, 5.74) is 5.57. The van der Waals surface area contributed by atoms with Crippen LogP contribution in [0.1, 0.15) is 26.2 Å². The van der Waals surface area contributed by atoms with E-state index >= 15 is 0 Å². The molecule has 4 nitrogen and oxygen atoms in total. The van der Waals surface area contributed by atoms with Gasteiger partial charge in [-0.15, -0.1) is 0 Å². The largest absolute Gasteiger partial charge is 0.338 e. The minimum atomic E-state index is 0.0507. The molecule has 1 heterocycles. The summed E-state index contributed by atoms with van der Waals surface area (Å²) < 4.78 is 0. The number of carbonyl (C=O) groups is 1. The van der Waals surface area contributed by atoms with E-state index in [0.29, 0.717) is 6.54 Å². The van der Waals surface area contributed by atoms with Gasteiger partial charge in [-0.3, -0.25) is 0 Å². The van der Waals surface area contributed by atoms with E-state index in [1.165, 1.54) is 0 Å². The fourth-order valence-corrected chi connectivity index (χ4v) is 1.68. The maximum atomic E-state index is 11.5. The second-order valence-electron chi connectivity index (χ2n) is 3.46. The average Bonchev–Trinajstić information content (AvgIpc) is 2.61. The molecule has 2 amide bonds. The van der Waals surface area contributed by atoms with Crippen molar-refractivity contribution in [1.29, 1.82) is 0 Å². The number of nitrogens with two attached hydrogens (primary N) is 1. The Kier molecular flexibility index (Phi) is 4.02. The Bertz CT molecular complexity index is 172. The molecule has 1 aliphatic rings. The fourth-order valence-electron chi connectivity index (χ4n) is 1.68. The van der Waals surface area contributed by atoms with Crippen LogP contribution < -0.4 is 11.1 Å². The van der Waals surface area contributed by atoms with Crippen LogP contribution in [0.25, 0.3) is 0 Å². The predicted molar refractivity (Wildman–Crippen MR) is 52.5 cm³/mol. The monoisotopic (exact) mass is 185 g/mol. The van der Waals surface area contributed by atoms with Crippen molar-refractivity contribution in [2.75, 3.05) is 19.6 Å². The van der Waals surface area contributed by atoms with Crippen molar-refractivity contribution in [1.82, 2.24) is 10.2 Å². The molecule has 1 saturated heterocycles. The van der Waals surface area contributed by atoms with Gasteiger partial charge in [0.05, 0.1) is 0 Å². The molecule has 13 heavy (non-hydrogen) atoms. The molecule has 0 radical (unpaired) electrons. The van der Waals surface area contributed by atoms with E-state index in [0.717, 1.165) is 32.4 Å². The summed E-state index contributed by atoms with van der Waals surface area (Å²) in [6.45, 7) is 4.24. The fraction of sp³-hybridized carbons (Fsp3) is 0.889. The molecule has 0 spiro atoms. The first kappa shape index (κ1) is 10.3. The van der Waals surface area contributed by atoms with Gasteiger partial charge in [0.15, 0.2) is 0 Å². The molecule has 3 N–H and O–H groups in total. The van der Waals surface area contributed by atoms with Crippen LogP contribution in [0.4, 0.5) is 4.79 Å². The highest BCUT2D eigenvalue weighted by Gasteiger charge is 2.26. The molecule has 0 saturated carbocycles. The van der Waals surface area contributed by atoms with Gasteiger partial charge in [-0.1, -0.05) is 6.92 Å². The third-order valence-corrected chi connectivity index (χ3v) is 2.44.